The molecule has 21 heavy (non-hydrogen) atoms. The van der Waals surface area contributed by atoms with E-state index in [4.69, 9.17) is 0 Å². The van der Waals surface area contributed by atoms with Crippen LogP contribution in [0.5, 0.6) is 0 Å². The number of nitrogens with one attached hydrogen (secondary N) is 1. The SMILES string of the molecule is CNC(Cc1cc(F)ccc1Br)Cc1c(C)nn(C)c1C. The molecule has 0 aliphatic heterocycles. The van der Waals surface area contributed by atoms with Crippen LogP contribution in [0.25, 0.3) is 0 Å². The van der Waals surface area contributed by atoms with Crippen LogP contribution in [0.1, 0.15) is 22.5 Å². The molecule has 0 aliphatic rings. The Morgan fingerprint density at radius 2 is 2.05 bits per heavy atom. The average Bonchev–Trinajstić information content (AvgIpc) is 2.68. The van der Waals surface area contributed by atoms with E-state index in [2.05, 4.69) is 33.3 Å². The Morgan fingerprint density at radius 1 is 1.33 bits per heavy atom. The number of likely N-dealkylation sites (N-methyl/N-ethyl adjacent to an activating group) is 1. The van der Waals surface area contributed by atoms with E-state index in [-0.39, 0.29) is 11.9 Å². The van der Waals surface area contributed by atoms with Crippen molar-refractivity contribution >= 4 is 15.9 Å². The highest BCUT2D eigenvalue weighted by Crippen LogP contribution is 2.21. The van der Waals surface area contributed by atoms with Crippen molar-refractivity contribution in [3.8, 4) is 0 Å². The Hall–Kier alpha value is -1.20. The predicted octanol–water partition coefficient (Wildman–Crippen LogP) is 3.31. The minimum atomic E-state index is -0.197. The largest absolute Gasteiger partial charge is 0.316 e. The maximum absolute atomic E-state index is 13.4. The molecule has 0 amide bonds. The van der Waals surface area contributed by atoms with Crippen LogP contribution in [-0.2, 0) is 19.9 Å². The summed E-state index contributed by atoms with van der Waals surface area (Å²) < 4.78 is 16.3. The van der Waals surface area contributed by atoms with Gasteiger partial charge in [-0.05, 0) is 63.1 Å². The van der Waals surface area contributed by atoms with Gasteiger partial charge in [-0.1, -0.05) is 15.9 Å². The Kier molecular flexibility index (Phi) is 5.17. The second-order valence-corrected chi connectivity index (χ2v) is 6.26. The fourth-order valence-electron chi connectivity index (χ4n) is 2.60. The van der Waals surface area contributed by atoms with E-state index < -0.39 is 0 Å². The molecule has 1 heterocycles. The van der Waals surface area contributed by atoms with E-state index in [0.29, 0.717) is 0 Å². The van der Waals surface area contributed by atoms with Crippen molar-refractivity contribution in [2.75, 3.05) is 7.05 Å². The molecule has 1 atom stereocenters. The van der Waals surface area contributed by atoms with Gasteiger partial charge in [-0.3, -0.25) is 4.68 Å². The second-order valence-electron chi connectivity index (χ2n) is 5.40. The third-order valence-corrected chi connectivity index (χ3v) is 4.77. The Bertz CT molecular complexity index is 637. The van der Waals surface area contributed by atoms with Crippen molar-refractivity contribution in [3.05, 3.63) is 51.0 Å². The smallest absolute Gasteiger partial charge is 0.123 e. The van der Waals surface area contributed by atoms with Gasteiger partial charge in [0, 0.05) is 23.3 Å². The van der Waals surface area contributed by atoms with Crippen molar-refractivity contribution in [2.45, 2.75) is 32.7 Å². The molecular formula is C16H21BrFN3. The highest BCUT2D eigenvalue weighted by Gasteiger charge is 2.16. The van der Waals surface area contributed by atoms with Crippen molar-refractivity contribution in [1.82, 2.24) is 15.1 Å². The normalized spacial score (nSPS) is 12.7. The number of halogens is 2. The van der Waals surface area contributed by atoms with Gasteiger partial charge < -0.3 is 5.32 Å². The summed E-state index contributed by atoms with van der Waals surface area (Å²) in [5.41, 5.74) is 4.50. The molecule has 2 aromatic rings. The number of aryl methyl sites for hydroxylation is 2. The molecule has 1 unspecified atom stereocenters. The zero-order valence-electron chi connectivity index (χ0n) is 12.9. The first-order chi connectivity index (χ1) is 9.92. The molecule has 0 fully saturated rings. The fourth-order valence-corrected chi connectivity index (χ4v) is 3.01. The molecule has 0 spiro atoms. The molecule has 3 nitrogen and oxygen atoms in total. The number of hydrogen-bond acceptors (Lipinski definition) is 2. The third kappa shape index (κ3) is 3.71. The van der Waals surface area contributed by atoms with E-state index in [0.717, 1.165) is 28.6 Å². The van der Waals surface area contributed by atoms with Gasteiger partial charge in [0.1, 0.15) is 5.82 Å². The van der Waals surface area contributed by atoms with Crippen molar-refractivity contribution < 1.29 is 4.39 Å². The standard InChI is InChI=1S/C16H21BrFN3/c1-10-15(11(2)21(4)20-10)9-14(19-3)8-12-7-13(18)5-6-16(12)17/h5-7,14,19H,8-9H2,1-4H3. The summed E-state index contributed by atoms with van der Waals surface area (Å²) in [5.74, 6) is -0.197. The van der Waals surface area contributed by atoms with Gasteiger partial charge in [-0.2, -0.15) is 5.10 Å². The summed E-state index contributed by atoms with van der Waals surface area (Å²) in [6, 6.07) is 5.07. The molecule has 0 radical (unpaired) electrons. The maximum atomic E-state index is 13.4. The minimum absolute atomic E-state index is 0.197. The summed E-state index contributed by atoms with van der Waals surface area (Å²) in [4.78, 5) is 0. The van der Waals surface area contributed by atoms with E-state index in [1.54, 1.807) is 12.1 Å². The van der Waals surface area contributed by atoms with E-state index in [1.807, 2.05) is 25.7 Å². The second kappa shape index (κ2) is 6.71. The summed E-state index contributed by atoms with van der Waals surface area (Å²) >= 11 is 3.50. The lowest BCUT2D eigenvalue weighted by Crippen LogP contribution is -2.30. The quantitative estimate of drug-likeness (QED) is 0.893. The summed E-state index contributed by atoms with van der Waals surface area (Å²) in [7, 11) is 3.91. The van der Waals surface area contributed by atoms with Crippen LogP contribution in [-0.4, -0.2) is 22.9 Å². The first-order valence-corrected chi connectivity index (χ1v) is 7.82. The lowest BCUT2D eigenvalue weighted by Gasteiger charge is -2.17. The number of hydrogen-bond donors (Lipinski definition) is 1. The first-order valence-electron chi connectivity index (χ1n) is 7.02. The number of nitrogens with zero attached hydrogens (tertiary/aromatic N) is 2. The van der Waals surface area contributed by atoms with Crippen LogP contribution in [0.4, 0.5) is 4.39 Å². The summed E-state index contributed by atoms with van der Waals surface area (Å²) in [6.07, 6.45) is 1.65. The lowest BCUT2D eigenvalue weighted by atomic mass is 9.98. The number of benzene rings is 1. The number of aromatic nitrogens is 2. The van der Waals surface area contributed by atoms with Crippen LogP contribution >= 0.6 is 15.9 Å². The Balaban J connectivity index is 2.19. The van der Waals surface area contributed by atoms with Crippen LogP contribution in [0.15, 0.2) is 22.7 Å². The summed E-state index contributed by atoms with van der Waals surface area (Å²) in [6.45, 7) is 4.12. The molecule has 1 aromatic heterocycles. The van der Waals surface area contributed by atoms with Gasteiger partial charge in [0.05, 0.1) is 5.69 Å². The molecular weight excluding hydrogens is 333 g/mol. The molecule has 1 aromatic carbocycles. The third-order valence-electron chi connectivity index (χ3n) is 3.99. The lowest BCUT2D eigenvalue weighted by molar-refractivity contribution is 0.549. The van der Waals surface area contributed by atoms with Gasteiger partial charge in [0.2, 0.25) is 0 Å². The number of rotatable bonds is 5. The molecule has 0 saturated heterocycles. The zero-order chi connectivity index (χ0) is 15.6. The fraction of sp³-hybridized carbons (Fsp3) is 0.438. The molecule has 1 N–H and O–H groups in total. The van der Waals surface area contributed by atoms with Gasteiger partial charge in [-0.25, -0.2) is 4.39 Å². The highest BCUT2D eigenvalue weighted by atomic mass is 79.9. The van der Waals surface area contributed by atoms with Crippen LogP contribution in [0, 0.1) is 19.7 Å². The average molecular weight is 354 g/mol. The Morgan fingerprint density at radius 3 is 2.62 bits per heavy atom. The van der Waals surface area contributed by atoms with Crippen LogP contribution < -0.4 is 5.32 Å². The van der Waals surface area contributed by atoms with Crippen LogP contribution in [0.2, 0.25) is 0 Å². The maximum Gasteiger partial charge on any atom is 0.123 e. The molecule has 0 bridgehead atoms. The van der Waals surface area contributed by atoms with Crippen LogP contribution in [0.3, 0.4) is 0 Å². The predicted molar refractivity (Wildman–Crippen MR) is 87.0 cm³/mol. The topological polar surface area (TPSA) is 29.9 Å². The monoisotopic (exact) mass is 353 g/mol. The molecule has 0 saturated carbocycles. The molecule has 5 heteroatoms. The van der Waals surface area contributed by atoms with Crippen molar-refractivity contribution in [1.29, 1.82) is 0 Å². The van der Waals surface area contributed by atoms with E-state index in [9.17, 15) is 4.39 Å². The molecule has 0 aliphatic carbocycles. The van der Waals surface area contributed by atoms with E-state index >= 15 is 0 Å². The Labute approximate surface area is 133 Å². The molecule has 114 valence electrons. The van der Waals surface area contributed by atoms with Gasteiger partial charge in [0.15, 0.2) is 0 Å². The van der Waals surface area contributed by atoms with Crippen molar-refractivity contribution in [3.63, 3.8) is 0 Å². The first kappa shape index (κ1) is 16.2. The van der Waals surface area contributed by atoms with Crippen molar-refractivity contribution in [2.24, 2.45) is 7.05 Å². The van der Waals surface area contributed by atoms with Gasteiger partial charge >= 0.3 is 0 Å². The summed E-state index contributed by atoms with van der Waals surface area (Å²) in [5, 5.41) is 7.79. The van der Waals surface area contributed by atoms with E-state index in [1.165, 1.54) is 17.3 Å². The van der Waals surface area contributed by atoms with Gasteiger partial charge in [-0.15, -0.1) is 0 Å². The molecule has 2 rings (SSSR count). The minimum Gasteiger partial charge on any atom is -0.316 e. The van der Waals surface area contributed by atoms with Gasteiger partial charge in [0.25, 0.3) is 0 Å². The highest BCUT2D eigenvalue weighted by molar-refractivity contribution is 9.10. The zero-order valence-corrected chi connectivity index (χ0v) is 14.5.